The van der Waals surface area contributed by atoms with Gasteiger partial charge in [0.2, 0.25) is 5.89 Å². The highest BCUT2D eigenvalue weighted by molar-refractivity contribution is 5.79. The van der Waals surface area contributed by atoms with Gasteiger partial charge in [0, 0.05) is 24.8 Å². The van der Waals surface area contributed by atoms with E-state index in [2.05, 4.69) is 15.2 Å². The minimum absolute atomic E-state index is 0.0857. The number of aryl methyl sites for hydroxylation is 2. The van der Waals surface area contributed by atoms with Crippen LogP contribution in [0.5, 0.6) is 0 Å². The van der Waals surface area contributed by atoms with Crippen molar-refractivity contribution in [2.45, 2.75) is 43.9 Å². The van der Waals surface area contributed by atoms with Gasteiger partial charge >= 0.3 is 0 Å². The molecule has 25 heavy (non-hydrogen) atoms. The SMILES string of the molecule is c1ccc2c(CCc3noc(C45CCCN(CCC4)C5)n3)noc2c1. The molecule has 2 fully saturated rings. The molecule has 1 aromatic carbocycles. The van der Waals surface area contributed by atoms with Crippen molar-refractivity contribution in [3.05, 3.63) is 41.7 Å². The summed E-state index contributed by atoms with van der Waals surface area (Å²) in [4.78, 5) is 7.30. The maximum Gasteiger partial charge on any atom is 0.234 e. The Morgan fingerprint density at radius 2 is 1.84 bits per heavy atom. The fourth-order valence-corrected chi connectivity index (χ4v) is 4.46. The molecule has 2 aliphatic rings. The first kappa shape index (κ1) is 15.1. The zero-order valence-electron chi connectivity index (χ0n) is 14.3. The molecule has 2 bridgehead atoms. The molecule has 0 radical (unpaired) electrons. The molecule has 2 aromatic heterocycles. The molecule has 6 heteroatoms. The molecule has 3 aromatic rings. The smallest absolute Gasteiger partial charge is 0.234 e. The minimum atomic E-state index is 0.0857. The molecule has 0 atom stereocenters. The van der Waals surface area contributed by atoms with Crippen molar-refractivity contribution in [3.8, 4) is 0 Å². The topological polar surface area (TPSA) is 68.2 Å². The van der Waals surface area contributed by atoms with Crippen LogP contribution in [0.15, 0.2) is 33.3 Å². The van der Waals surface area contributed by atoms with Crippen LogP contribution in [0.3, 0.4) is 0 Å². The lowest BCUT2D eigenvalue weighted by molar-refractivity contribution is 0.0711. The summed E-state index contributed by atoms with van der Waals surface area (Å²) in [7, 11) is 0. The highest BCUT2D eigenvalue weighted by atomic mass is 16.5. The van der Waals surface area contributed by atoms with Gasteiger partial charge in [-0.3, -0.25) is 0 Å². The van der Waals surface area contributed by atoms with Gasteiger partial charge in [-0.05, 0) is 50.9 Å². The number of hydrogen-bond donors (Lipinski definition) is 0. The van der Waals surface area contributed by atoms with Gasteiger partial charge in [0.1, 0.15) is 0 Å². The second-order valence-electron chi connectivity index (χ2n) is 7.40. The van der Waals surface area contributed by atoms with Gasteiger partial charge < -0.3 is 13.9 Å². The first-order chi connectivity index (χ1) is 12.3. The van der Waals surface area contributed by atoms with Gasteiger partial charge in [-0.25, -0.2) is 0 Å². The zero-order chi connectivity index (χ0) is 16.7. The van der Waals surface area contributed by atoms with Gasteiger partial charge in [0.15, 0.2) is 11.4 Å². The summed E-state index contributed by atoms with van der Waals surface area (Å²) in [6.45, 7) is 3.49. The predicted octanol–water partition coefficient (Wildman–Crippen LogP) is 3.12. The van der Waals surface area contributed by atoms with E-state index in [0.29, 0.717) is 0 Å². The van der Waals surface area contributed by atoms with Crippen LogP contribution in [0.1, 0.15) is 43.1 Å². The van der Waals surface area contributed by atoms with Crippen LogP contribution in [0.4, 0.5) is 0 Å². The Labute approximate surface area is 146 Å². The summed E-state index contributed by atoms with van der Waals surface area (Å²) in [6, 6.07) is 7.95. The monoisotopic (exact) mass is 338 g/mol. The average molecular weight is 338 g/mol. The van der Waals surface area contributed by atoms with Crippen molar-refractivity contribution >= 4 is 11.0 Å². The third kappa shape index (κ3) is 2.65. The summed E-state index contributed by atoms with van der Waals surface area (Å²) in [5, 5.41) is 9.51. The van der Waals surface area contributed by atoms with Crippen LogP contribution in [-0.2, 0) is 18.3 Å². The number of aromatic nitrogens is 3. The molecule has 0 aliphatic carbocycles. The van der Waals surface area contributed by atoms with Crippen molar-refractivity contribution in [2.24, 2.45) is 0 Å². The Kier molecular flexibility index (Phi) is 3.59. The van der Waals surface area contributed by atoms with E-state index in [9.17, 15) is 0 Å². The Morgan fingerprint density at radius 3 is 2.72 bits per heavy atom. The molecule has 4 heterocycles. The normalized spacial score (nSPS) is 26.2. The number of piperidine rings is 2. The van der Waals surface area contributed by atoms with Crippen molar-refractivity contribution in [3.63, 3.8) is 0 Å². The van der Waals surface area contributed by atoms with Crippen molar-refractivity contribution in [2.75, 3.05) is 19.6 Å². The second kappa shape index (κ2) is 5.95. The lowest BCUT2D eigenvalue weighted by Crippen LogP contribution is -2.50. The zero-order valence-corrected chi connectivity index (χ0v) is 14.3. The molecular formula is C19H22N4O2. The van der Waals surface area contributed by atoms with Gasteiger partial charge in [0.25, 0.3) is 0 Å². The van der Waals surface area contributed by atoms with E-state index in [0.717, 1.165) is 47.8 Å². The van der Waals surface area contributed by atoms with Crippen molar-refractivity contribution in [1.29, 1.82) is 0 Å². The minimum Gasteiger partial charge on any atom is -0.356 e. The first-order valence-electron chi connectivity index (χ1n) is 9.21. The van der Waals surface area contributed by atoms with Gasteiger partial charge in [-0.15, -0.1) is 0 Å². The van der Waals surface area contributed by atoms with Crippen LogP contribution >= 0.6 is 0 Å². The van der Waals surface area contributed by atoms with Gasteiger partial charge in [-0.1, -0.05) is 22.4 Å². The molecule has 130 valence electrons. The van der Waals surface area contributed by atoms with E-state index < -0.39 is 0 Å². The van der Waals surface area contributed by atoms with Crippen molar-refractivity contribution < 1.29 is 9.05 Å². The third-order valence-electron chi connectivity index (χ3n) is 5.74. The number of rotatable bonds is 4. The number of nitrogens with zero attached hydrogens (tertiary/aromatic N) is 4. The van der Waals surface area contributed by atoms with Crippen LogP contribution in [-0.4, -0.2) is 39.8 Å². The number of para-hydroxylation sites is 1. The Hall–Kier alpha value is -2.21. The Morgan fingerprint density at radius 1 is 1.00 bits per heavy atom. The first-order valence-corrected chi connectivity index (χ1v) is 9.21. The maximum absolute atomic E-state index is 5.71. The molecule has 0 amide bonds. The van der Waals surface area contributed by atoms with Crippen LogP contribution < -0.4 is 0 Å². The molecule has 6 nitrogen and oxygen atoms in total. The van der Waals surface area contributed by atoms with Crippen molar-refractivity contribution in [1.82, 2.24) is 20.2 Å². The molecule has 0 N–H and O–H groups in total. The maximum atomic E-state index is 5.71. The molecule has 5 rings (SSSR count). The van der Waals surface area contributed by atoms with Crippen LogP contribution in [0.25, 0.3) is 11.0 Å². The molecule has 2 aliphatic heterocycles. The molecule has 0 unspecified atom stereocenters. The fourth-order valence-electron chi connectivity index (χ4n) is 4.46. The summed E-state index contributed by atoms with van der Waals surface area (Å²) >= 11 is 0. The summed E-state index contributed by atoms with van der Waals surface area (Å²) in [6.07, 6.45) is 6.26. The van der Waals surface area contributed by atoms with E-state index in [1.165, 1.54) is 38.8 Å². The van der Waals surface area contributed by atoms with Gasteiger partial charge in [-0.2, -0.15) is 4.98 Å². The largest absolute Gasteiger partial charge is 0.356 e. The molecule has 0 saturated carbocycles. The van der Waals surface area contributed by atoms with E-state index in [-0.39, 0.29) is 5.41 Å². The van der Waals surface area contributed by atoms with E-state index >= 15 is 0 Å². The summed E-state index contributed by atoms with van der Waals surface area (Å²) in [5.74, 6) is 1.62. The van der Waals surface area contributed by atoms with Gasteiger partial charge in [0.05, 0.1) is 11.1 Å². The average Bonchev–Trinajstić information content (AvgIpc) is 3.27. The van der Waals surface area contributed by atoms with Crippen LogP contribution in [0.2, 0.25) is 0 Å². The number of hydrogen-bond acceptors (Lipinski definition) is 6. The quantitative estimate of drug-likeness (QED) is 0.728. The standard InChI is InChI=1S/C19H22N4O2/c1-2-6-16-14(5-1)15(21-24-16)7-8-17-20-18(25-22-17)19-9-3-11-23(13-19)12-4-10-19/h1-2,5-6H,3-4,7-13H2. The lowest BCUT2D eigenvalue weighted by Gasteiger charge is -2.44. The predicted molar refractivity (Wildman–Crippen MR) is 92.3 cm³/mol. The molecule has 2 saturated heterocycles. The highest BCUT2D eigenvalue weighted by Crippen LogP contribution is 2.40. The Bertz CT molecular complexity index is 874. The summed E-state index contributed by atoms with van der Waals surface area (Å²) in [5.41, 5.74) is 1.87. The highest BCUT2D eigenvalue weighted by Gasteiger charge is 2.43. The van der Waals surface area contributed by atoms with E-state index in [1.54, 1.807) is 0 Å². The molecular weight excluding hydrogens is 316 g/mol. The third-order valence-corrected chi connectivity index (χ3v) is 5.74. The van der Waals surface area contributed by atoms with E-state index in [1.807, 2.05) is 24.3 Å². The fraction of sp³-hybridized carbons (Fsp3) is 0.526. The summed E-state index contributed by atoms with van der Waals surface area (Å²) < 4.78 is 11.1. The lowest BCUT2D eigenvalue weighted by atomic mass is 9.73. The Balaban J connectivity index is 1.33. The number of benzene rings is 1. The molecule has 0 spiro atoms. The number of fused-ring (bicyclic) bond motifs is 3. The second-order valence-corrected chi connectivity index (χ2v) is 7.40. The van der Waals surface area contributed by atoms with E-state index in [4.69, 9.17) is 14.0 Å². The van der Waals surface area contributed by atoms with Crippen LogP contribution in [0, 0.1) is 0 Å².